The molecule has 0 atom stereocenters. The quantitative estimate of drug-likeness (QED) is 0.646. The zero-order valence-corrected chi connectivity index (χ0v) is 12.8. The zero-order valence-electron chi connectivity index (χ0n) is 12.8. The van der Waals surface area contributed by atoms with Crippen LogP contribution in [0.25, 0.3) is 0 Å². The van der Waals surface area contributed by atoms with Gasteiger partial charge in [0.1, 0.15) is 19.3 Å². The summed E-state index contributed by atoms with van der Waals surface area (Å²) < 4.78 is 10.8. The van der Waals surface area contributed by atoms with Crippen LogP contribution in [0.1, 0.15) is 18.1 Å². The van der Waals surface area contributed by atoms with E-state index in [1.165, 1.54) is 0 Å². The van der Waals surface area contributed by atoms with E-state index in [9.17, 15) is 9.90 Å². The number of hydrogen-bond donors (Lipinski definition) is 1. The molecule has 0 aromatic heterocycles. The first-order chi connectivity index (χ1) is 10.6. The van der Waals surface area contributed by atoms with Crippen LogP contribution in [-0.2, 0) is 22.6 Å². The van der Waals surface area contributed by atoms with Gasteiger partial charge in [-0.2, -0.15) is 0 Å². The van der Waals surface area contributed by atoms with Gasteiger partial charge in [0.25, 0.3) is 0 Å². The summed E-state index contributed by atoms with van der Waals surface area (Å²) in [5, 5.41) is 9.41. The van der Waals surface area contributed by atoms with Crippen molar-refractivity contribution in [2.45, 2.75) is 20.0 Å². The molecule has 0 fully saturated rings. The van der Waals surface area contributed by atoms with Crippen molar-refractivity contribution in [3.8, 4) is 11.5 Å². The average molecular weight is 298 g/mol. The van der Waals surface area contributed by atoms with Gasteiger partial charge in [0.15, 0.2) is 0 Å². The van der Waals surface area contributed by atoms with Crippen molar-refractivity contribution < 1.29 is 19.4 Å². The molecule has 0 aliphatic carbocycles. The molecular weight excluding hydrogens is 279 g/mol. The summed E-state index contributed by atoms with van der Waals surface area (Å²) in [7, 11) is 1.96. The Hall–Kier alpha value is -2.27. The molecule has 0 spiro atoms. The third kappa shape index (κ3) is 4.36. The first-order valence-corrected chi connectivity index (χ1v) is 7.25. The van der Waals surface area contributed by atoms with Gasteiger partial charge < -0.3 is 14.6 Å². The lowest BCUT2D eigenvalue weighted by Crippen LogP contribution is -2.07. The fraction of sp³-hybridized carbons (Fsp3) is 0.235. The zero-order chi connectivity index (χ0) is 15.9. The number of aliphatic hydroxyl groups excluding tert-OH is 1. The molecule has 0 aliphatic heterocycles. The highest BCUT2D eigenvalue weighted by atomic mass is 16.5. The van der Waals surface area contributed by atoms with Crippen LogP contribution in [0.3, 0.4) is 0 Å². The summed E-state index contributed by atoms with van der Waals surface area (Å²) in [6.45, 7) is 2.07. The maximum absolute atomic E-state index is 11.5. The second-order valence-corrected chi connectivity index (χ2v) is 5.00. The molecule has 1 N–H and O–H groups in total. The predicted octanol–water partition coefficient (Wildman–Crippen LogP) is 1.34. The smallest absolute Gasteiger partial charge is 0.310 e. The number of aliphatic hydroxyl groups is 1. The third-order valence-electron chi connectivity index (χ3n) is 3.17. The van der Waals surface area contributed by atoms with Gasteiger partial charge in [-0.1, -0.05) is 29.7 Å². The molecular formula is C17H19BO4. The highest BCUT2D eigenvalue weighted by Gasteiger charge is 2.08. The predicted molar refractivity (Wildman–Crippen MR) is 87.4 cm³/mol. The molecule has 0 unspecified atom stereocenters. The van der Waals surface area contributed by atoms with Crippen molar-refractivity contribution in [3.05, 3.63) is 53.6 Å². The van der Waals surface area contributed by atoms with Crippen LogP contribution in [0.15, 0.2) is 42.5 Å². The van der Waals surface area contributed by atoms with E-state index in [-0.39, 0.29) is 19.0 Å². The minimum absolute atomic E-state index is 0.0838. The Morgan fingerprint density at radius 2 is 2.05 bits per heavy atom. The first-order valence-electron chi connectivity index (χ1n) is 7.25. The molecule has 2 rings (SSSR count). The molecule has 2 aromatic carbocycles. The lowest BCUT2D eigenvalue weighted by atomic mass is 9.94. The van der Waals surface area contributed by atoms with E-state index in [1.54, 1.807) is 13.0 Å². The van der Waals surface area contributed by atoms with Crippen molar-refractivity contribution in [2.75, 3.05) is 6.61 Å². The van der Waals surface area contributed by atoms with Gasteiger partial charge in [0.2, 0.25) is 0 Å². The fourth-order valence-electron chi connectivity index (χ4n) is 2.16. The Kier molecular flexibility index (Phi) is 5.61. The van der Waals surface area contributed by atoms with Crippen LogP contribution in [-0.4, -0.2) is 25.5 Å². The number of benzene rings is 2. The lowest BCUT2D eigenvalue weighted by Gasteiger charge is -2.11. The second-order valence-electron chi connectivity index (χ2n) is 5.00. The van der Waals surface area contributed by atoms with Gasteiger partial charge in [-0.25, -0.2) is 0 Å². The molecule has 2 aromatic rings. The summed E-state index contributed by atoms with van der Waals surface area (Å²) in [6, 6.07) is 12.9. The van der Waals surface area contributed by atoms with E-state index >= 15 is 0 Å². The SMILES string of the molecule is Bc1ccc(Oc2cccc(CC(=O)OCC)c2)c(CO)c1. The largest absolute Gasteiger partial charge is 0.466 e. The minimum Gasteiger partial charge on any atom is -0.466 e. The van der Waals surface area contributed by atoms with Gasteiger partial charge in [-0.15, -0.1) is 0 Å². The maximum atomic E-state index is 11.5. The number of esters is 1. The van der Waals surface area contributed by atoms with Gasteiger partial charge >= 0.3 is 5.97 Å². The highest BCUT2D eigenvalue weighted by Crippen LogP contribution is 2.25. The molecule has 22 heavy (non-hydrogen) atoms. The molecule has 5 heteroatoms. The minimum atomic E-state index is -0.258. The van der Waals surface area contributed by atoms with E-state index in [0.29, 0.717) is 18.1 Å². The number of hydrogen-bond acceptors (Lipinski definition) is 4. The molecule has 0 saturated heterocycles. The molecule has 0 bridgehead atoms. The second kappa shape index (κ2) is 7.66. The average Bonchev–Trinajstić information content (AvgIpc) is 2.49. The van der Waals surface area contributed by atoms with Crippen molar-refractivity contribution in [1.29, 1.82) is 0 Å². The fourth-order valence-corrected chi connectivity index (χ4v) is 2.16. The van der Waals surface area contributed by atoms with Crippen LogP contribution in [0, 0.1) is 0 Å². The Balaban J connectivity index is 2.15. The third-order valence-corrected chi connectivity index (χ3v) is 3.17. The monoisotopic (exact) mass is 298 g/mol. The van der Waals surface area contributed by atoms with Crippen LogP contribution in [0.5, 0.6) is 11.5 Å². The normalized spacial score (nSPS) is 10.3. The van der Waals surface area contributed by atoms with Crippen molar-refractivity contribution in [3.63, 3.8) is 0 Å². The van der Waals surface area contributed by atoms with E-state index in [0.717, 1.165) is 16.6 Å². The highest BCUT2D eigenvalue weighted by molar-refractivity contribution is 6.32. The first kappa shape index (κ1) is 16.1. The molecule has 0 saturated carbocycles. The summed E-state index contributed by atoms with van der Waals surface area (Å²) >= 11 is 0. The molecule has 0 heterocycles. The Labute approximate surface area is 131 Å². The summed E-state index contributed by atoms with van der Waals surface area (Å²) in [6.07, 6.45) is 0.214. The van der Waals surface area contributed by atoms with Crippen LogP contribution in [0.2, 0.25) is 0 Å². The van der Waals surface area contributed by atoms with Crippen molar-refractivity contribution >= 4 is 19.3 Å². The van der Waals surface area contributed by atoms with Crippen molar-refractivity contribution in [1.82, 2.24) is 0 Å². The van der Waals surface area contributed by atoms with Gasteiger partial charge in [-0.05, 0) is 30.7 Å². The molecule has 4 nitrogen and oxygen atoms in total. The topological polar surface area (TPSA) is 55.8 Å². The Morgan fingerprint density at radius 1 is 1.23 bits per heavy atom. The van der Waals surface area contributed by atoms with E-state index in [2.05, 4.69) is 0 Å². The number of carbonyl (C=O) groups excluding carboxylic acids is 1. The van der Waals surface area contributed by atoms with E-state index in [4.69, 9.17) is 9.47 Å². The van der Waals surface area contributed by atoms with Crippen LogP contribution < -0.4 is 10.2 Å². The van der Waals surface area contributed by atoms with Gasteiger partial charge in [0, 0.05) is 5.56 Å². The standard InChI is InChI=1S/C17H19BO4/c1-2-21-17(20)9-12-4-3-5-15(8-12)22-16-7-6-14(18)10-13(16)11-19/h3-8,10,19H,2,9,11,18H2,1H3. The van der Waals surface area contributed by atoms with Crippen LogP contribution >= 0.6 is 0 Å². The molecule has 114 valence electrons. The summed E-state index contributed by atoms with van der Waals surface area (Å²) in [5.41, 5.74) is 2.62. The molecule has 0 radical (unpaired) electrons. The number of rotatable bonds is 6. The molecule has 0 amide bonds. The van der Waals surface area contributed by atoms with Crippen LogP contribution in [0.4, 0.5) is 0 Å². The molecule has 0 aliphatic rings. The Morgan fingerprint density at radius 3 is 2.77 bits per heavy atom. The lowest BCUT2D eigenvalue weighted by molar-refractivity contribution is -0.142. The van der Waals surface area contributed by atoms with Crippen molar-refractivity contribution in [2.24, 2.45) is 0 Å². The number of carbonyl (C=O) groups is 1. The number of ether oxygens (including phenoxy) is 2. The summed E-state index contributed by atoms with van der Waals surface area (Å²) in [5.74, 6) is 0.979. The van der Waals surface area contributed by atoms with Gasteiger partial charge in [0.05, 0.1) is 19.6 Å². The maximum Gasteiger partial charge on any atom is 0.310 e. The van der Waals surface area contributed by atoms with Gasteiger partial charge in [-0.3, -0.25) is 4.79 Å². The summed E-state index contributed by atoms with van der Waals surface area (Å²) in [4.78, 5) is 11.5. The van der Waals surface area contributed by atoms with E-state index < -0.39 is 0 Å². The Bertz CT molecular complexity index is 655. The van der Waals surface area contributed by atoms with E-state index in [1.807, 2.05) is 44.2 Å².